The van der Waals surface area contributed by atoms with E-state index in [1.54, 1.807) is 11.3 Å². The lowest BCUT2D eigenvalue weighted by Gasteiger charge is -2.22. The van der Waals surface area contributed by atoms with Crippen molar-refractivity contribution in [3.63, 3.8) is 0 Å². The lowest BCUT2D eigenvalue weighted by atomic mass is 10.2. The Bertz CT molecular complexity index is 1230. The summed E-state index contributed by atoms with van der Waals surface area (Å²) in [7, 11) is 0. The molecule has 30 heavy (non-hydrogen) atoms. The minimum Gasteiger partial charge on any atom is -0.328 e. The van der Waals surface area contributed by atoms with Gasteiger partial charge in [0.1, 0.15) is 10.7 Å². The average molecular weight is 417 g/mol. The number of rotatable bonds is 4. The second-order valence-corrected chi connectivity index (χ2v) is 8.44. The van der Waals surface area contributed by atoms with Crippen molar-refractivity contribution in [1.82, 2.24) is 19.7 Å². The van der Waals surface area contributed by atoms with Crippen molar-refractivity contribution in [2.75, 3.05) is 6.54 Å². The smallest absolute Gasteiger partial charge is 0.274 e. The summed E-state index contributed by atoms with van der Waals surface area (Å²) in [6.07, 6.45) is 1.81. The number of para-hydroxylation sites is 1. The molecule has 0 spiro atoms. The molecule has 4 aromatic rings. The SMILES string of the molecule is O=C(c1ccc(=O)n(Cc2ccccc2)n1)N1CCC[C@H]1c1nc2ccccc2s1. The van der Waals surface area contributed by atoms with Gasteiger partial charge in [-0.05, 0) is 36.6 Å². The van der Waals surface area contributed by atoms with Crippen LogP contribution in [0.5, 0.6) is 0 Å². The van der Waals surface area contributed by atoms with Crippen LogP contribution in [0.3, 0.4) is 0 Å². The maximum Gasteiger partial charge on any atom is 0.274 e. The molecule has 1 fully saturated rings. The normalized spacial score (nSPS) is 16.3. The van der Waals surface area contributed by atoms with Gasteiger partial charge in [0, 0.05) is 12.6 Å². The third-order valence-electron chi connectivity index (χ3n) is 5.37. The van der Waals surface area contributed by atoms with E-state index in [0.717, 1.165) is 33.6 Å². The van der Waals surface area contributed by atoms with Crippen LogP contribution in [0.25, 0.3) is 10.2 Å². The van der Waals surface area contributed by atoms with Crippen LogP contribution in [-0.4, -0.2) is 32.1 Å². The molecule has 2 aromatic carbocycles. The molecule has 1 saturated heterocycles. The summed E-state index contributed by atoms with van der Waals surface area (Å²) in [6.45, 7) is 1.00. The number of aromatic nitrogens is 3. The summed E-state index contributed by atoms with van der Waals surface area (Å²) >= 11 is 1.64. The molecule has 0 saturated carbocycles. The topological polar surface area (TPSA) is 68.1 Å². The molecule has 1 amide bonds. The molecule has 1 atom stereocenters. The monoisotopic (exact) mass is 416 g/mol. The van der Waals surface area contributed by atoms with E-state index in [9.17, 15) is 9.59 Å². The Morgan fingerprint density at radius 1 is 1.03 bits per heavy atom. The first kappa shape index (κ1) is 18.7. The van der Waals surface area contributed by atoms with Crippen molar-refractivity contribution >= 4 is 27.5 Å². The first-order chi connectivity index (χ1) is 14.7. The van der Waals surface area contributed by atoms with Gasteiger partial charge in [-0.2, -0.15) is 5.10 Å². The summed E-state index contributed by atoms with van der Waals surface area (Å²) in [5.74, 6) is -0.154. The average Bonchev–Trinajstić information content (AvgIpc) is 3.42. The summed E-state index contributed by atoms with van der Waals surface area (Å²) in [5.41, 5.74) is 2.00. The fourth-order valence-electron chi connectivity index (χ4n) is 3.88. The molecule has 0 unspecified atom stereocenters. The maximum atomic E-state index is 13.3. The number of fused-ring (bicyclic) bond motifs is 1. The Balaban J connectivity index is 1.43. The highest BCUT2D eigenvalue weighted by atomic mass is 32.1. The first-order valence-electron chi connectivity index (χ1n) is 9.97. The number of carbonyl (C=O) groups is 1. The summed E-state index contributed by atoms with van der Waals surface area (Å²) in [4.78, 5) is 32.2. The van der Waals surface area contributed by atoms with Crippen LogP contribution in [0.2, 0.25) is 0 Å². The molecule has 3 heterocycles. The fourth-order valence-corrected chi connectivity index (χ4v) is 4.99. The number of thiazole rings is 1. The van der Waals surface area contributed by atoms with E-state index in [4.69, 9.17) is 4.98 Å². The van der Waals surface area contributed by atoms with Gasteiger partial charge in [0.2, 0.25) is 0 Å². The van der Waals surface area contributed by atoms with E-state index in [1.807, 2.05) is 53.4 Å². The van der Waals surface area contributed by atoms with Crippen LogP contribution >= 0.6 is 11.3 Å². The molecule has 2 aromatic heterocycles. The van der Waals surface area contributed by atoms with Crippen LogP contribution in [-0.2, 0) is 6.54 Å². The standard InChI is InChI=1S/C23H20N4O2S/c28-21-13-12-18(25-27(21)15-16-7-2-1-3-8-16)23(29)26-14-6-10-19(26)22-24-17-9-4-5-11-20(17)30-22/h1-5,7-9,11-13,19H,6,10,14-15H2/t19-/m0/s1. The quantitative estimate of drug-likeness (QED) is 0.506. The second-order valence-electron chi connectivity index (χ2n) is 7.38. The first-order valence-corrected chi connectivity index (χ1v) is 10.8. The minimum absolute atomic E-state index is 0.0498. The van der Waals surface area contributed by atoms with Crippen molar-refractivity contribution < 1.29 is 4.79 Å². The van der Waals surface area contributed by atoms with Crippen LogP contribution < -0.4 is 5.56 Å². The number of amides is 1. The highest BCUT2D eigenvalue weighted by molar-refractivity contribution is 7.18. The Hall–Kier alpha value is -3.32. The predicted octanol–water partition coefficient (Wildman–Crippen LogP) is 3.88. The zero-order chi connectivity index (χ0) is 20.5. The van der Waals surface area contributed by atoms with Crippen molar-refractivity contribution in [3.05, 3.63) is 93.3 Å². The van der Waals surface area contributed by atoms with E-state index in [0.29, 0.717) is 18.8 Å². The van der Waals surface area contributed by atoms with Gasteiger partial charge in [0.25, 0.3) is 11.5 Å². The molecular formula is C23H20N4O2S. The molecule has 0 radical (unpaired) electrons. The van der Waals surface area contributed by atoms with E-state index >= 15 is 0 Å². The van der Waals surface area contributed by atoms with Crippen LogP contribution in [0.1, 0.15) is 39.9 Å². The highest BCUT2D eigenvalue weighted by Gasteiger charge is 2.33. The molecule has 1 aliphatic heterocycles. The van der Waals surface area contributed by atoms with Gasteiger partial charge in [-0.1, -0.05) is 42.5 Å². The Labute approximate surface area is 177 Å². The van der Waals surface area contributed by atoms with Crippen LogP contribution in [0.4, 0.5) is 0 Å². The lowest BCUT2D eigenvalue weighted by molar-refractivity contribution is 0.0726. The molecule has 1 aliphatic rings. The maximum absolute atomic E-state index is 13.3. The van der Waals surface area contributed by atoms with Gasteiger partial charge in [-0.25, -0.2) is 9.67 Å². The zero-order valence-corrected chi connectivity index (χ0v) is 17.1. The van der Waals surface area contributed by atoms with E-state index in [-0.39, 0.29) is 17.5 Å². The number of hydrogen-bond donors (Lipinski definition) is 0. The summed E-state index contributed by atoms with van der Waals surface area (Å²) < 4.78 is 2.48. The van der Waals surface area contributed by atoms with Crippen LogP contribution in [0, 0.1) is 0 Å². The molecule has 5 rings (SSSR count). The summed E-state index contributed by atoms with van der Waals surface area (Å²) in [6, 6.07) is 20.6. The molecule has 6 nitrogen and oxygen atoms in total. The Morgan fingerprint density at radius 2 is 1.83 bits per heavy atom. The van der Waals surface area contributed by atoms with Crippen molar-refractivity contribution in [2.24, 2.45) is 0 Å². The van der Waals surface area contributed by atoms with Crippen LogP contribution in [0.15, 0.2) is 71.5 Å². The largest absolute Gasteiger partial charge is 0.328 e. The second kappa shape index (κ2) is 7.84. The molecule has 150 valence electrons. The zero-order valence-electron chi connectivity index (χ0n) is 16.3. The van der Waals surface area contributed by atoms with Gasteiger partial charge >= 0.3 is 0 Å². The van der Waals surface area contributed by atoms with Gasteiger partial charge < -0.3 is 4.90 Å². The van der Waals surface area contributed by atoms with Gasteiger partial charge in [-0.15, -0.1) is 11.3 Å². The fraction of sp³-hybridized carbons (Fsp3) is 0.217. The Kier molecular flexibility index (Phi) is 4.88. The van der Waals surface area contributed by atoms with Gasteiger partial charge in [-0.3, -0.25) is 9.59 Å². The number of hydrogen-bond acceptors (Lipinski definition) is 5. The van der Waals surface area contributed by atoms with E-state index in [1.165, 1.54) is 16.8 Å². The van der Waals surface area contributed by atoms with Gasteiger partial charge in [0.15, 0.2) is 0 Å². The number of likely N-dealkylation sites (tertiary alicyclic amines) is 1. The van der Waals surface area contributed by atoms with E-state index < -0.39 is 0 Å². The molecule has 0 aliphatic carbocycles. The Morgan fingerprint density at radius 3 is 2.67 bits per heavy atom. The minimum atomic E-state index is -0.223. The van der Waals surface area contributed by atoms with Crippen molar-refractivity contribution in [1.29, 1.82) is 0 Å². The molecule has 0 bridgehead atoms. The lowest BCUT2D eigenvalue weighted by Crippen LogP contribution is -2.33. The third kappa shape index (κ3) is 3.52. The predicted molar refractivity (Wildman–Crippen MR) is 117 cm³/mol. The number of nitrogens with zero attached hydrogens (tertiary/aromatic N) is 4. The highest BCUT2D eigenvalue weighted by Crippen LogP contribution is 2.37. The van der Waals surface area contributed by atoms with Gasteiger partial charge in [0.05, 0.1) is 22.8 Å². The third-order valence-corrected chi connectivity index (χ3v) is 6.51. The number of benzene rings is 2. The summed E-state index contributed by atoms with van der Waals surface area (Å²) in [5, 5.41) is 5.34. The van der Waals surface area contributed by atoms with Crippen molar-refractivity contribution in [3.8, 4) is 0 Å². The van der Waals surface area contributed by atoms with E-state index in [2.05, 4.69) is 11.2 Å². The molecular weight excluding hydrogens is 396 g/mol. The molecule has 0 N–H and O–H groups in total. The number of carbonyl (C=O) groups excluding carboxylic acids is 1. The molecule has 7 heteroatoms. The van der Waals surface area contributed by atoms with Crippen molar-refractivity contribution in [2.45, 2.75) is 25.4 Å².